The number of rotatable bonds is 6. The van der Waals surface area contributed by atoms with E-state index in [4.69, 9.17) is 14.7 Å². The number of hydrogen-bond donors (Lipinski definition) is 1. The average Bonchev–Trinajstić information content (AvgIpc) is 2.79. The summed E-state index contributed by atoms with van der Waals surface area (Å²) in [5, 5.41) is 11.5. The molecule has 154 valence electrons. The van der Waals surface area contributed by atoms with Crippen LogP contribution in [0.5, 0.6) is 0 Å². The molecule has 1 amide bonds. The van der Waals surface area contributed by atoms with Crippen LogP contribution >= 0.6 is 0 Å². The number of carbonyl (C=O) groups is 2. The van der Waals surface area contributed by atoms with Crippen LogP contribution in [0.15, 0.2) is 54.6 Å². The summed E-state index contributed by atoms with van der Waals surface area (Å²) in [6.07, 6.45) is 1.88. The summed E-state index contributed by atoms with van der Waals surface area (Å²) in [5.74, 6) is -1.03. The zero-order chi connectivity index (χ0) is 21.3. The van der Waals surface area contributed by atoms with Crippen molar-refractivity contribution in [1.82, 2.24) is 0 Å². The van der Waals surface area contributed by atoms with Gasteiger partial charge in [-0.05, 0) is 55.0 Å². The molecule has 0 aromatic heterocycles. The number of amides is 1. The summed E-state index contributed by atoms with van der Waals surface area (Å²) in [4.78, 5) is 26.5. The minimum Gasteiger partial charge on any atom is -0.449 e. The third kappa shape index (κ3) is 5.93. The van der Waals surface area contributed by atoms with E-state index in [1.807, 2.05) is 30.3 Å². The minimum atomic E-state index is -0.943. The van der Waals surface area contributed by atoms with Gasteiger partial charge in [0, 0.05) is 30.5 Å². The molecule has 2 aromatic carbocycles. The predicted octanol–water partition coefficient (Wildman–Crippen LogP) is 2.98. The van der Waals surface area contributed by atoms with E-state index >= 15 is 0 Å². The molecule has 1 saturated heterocycles. The van der Waals surface area contributed by atoms with Crippen molar-refractivity contribution >= 4 is 29.3 Å². The van der Waals surface area contributed by atoms with Crippen molar-refractivity contribution in [3.63, 3.8) is 0 Å². The molecule has 0 saturated carbocycles. The zero-order valence-electron chi connectivity index (χ0n) is 16.7. The van der Waals surface area contributed by atoms with Crippen molar-refractivity contribution in [2.24, 2.45) is 0 Å². The molecular weight excluding hydrogens is 382 g/mol. The number of morpholine rings is 1. The SMILES string of the molecule is C[C@@H](OC(=O)/C=C/c1ccc(C#N)cc1)C(=O)Nc1ccc(N2CCOCC2)cc1. The normalized spacial score (nSPS) is 14.7. The van der Waals surface area contributed by atoms with Crippen LogP contribution in [0.4, 0.5) is 11.4 Å². The Morgan fingerprint density at radius 3 is 2.43 bits per heavy atom. The molecule has 1 aliphatic heterocycles. The van der Waals surface area contributed by atoms with Crippen molar-refractivity contribution in [2.45, 2.75) is 13.0 Å². The topological polar surface area (TPSA) is 91.7 Å². The second kappa shape index (κ2) is 10.2. The molecule has 0 bridgehead atoms. The fourth-order valence-electron chi connectivity index (χ4n) is 2.92. The van der Waals surface area contributed by atoms with E-state index in [0.717, 1.165) is 24.3 Å². The van der Waals surface area contributed by atoms with Crippen molar-refractivity contribution in [2.75, 3.05) is 36.5 Å². The summed E-state index contributed by atoms with van der Waals surface area (Å²) in [6.45, 7) is 4.62. The highest BCUT2D eigenvalue weighted by atomic mass is 16.5. The largest absolute Gasteiger partial charge is 0.449 e. The Morgan fingerprint density at radius 1 is 1.13 bits per heavy atom. The lowest BCUT2D eigenvalue weighted by Crippen LogP contribution is -2.36. The smallest absolute Gasteiger partial charge is 0.331 e. The Bertz CT molecular complexity index is 940. The molecule has 1 fully saturated rings. The molecule has 2 aromatic rings. The standard InChI is InChI=1S/C23H23N3O4/c1-17(30-22(27)11-6-18-2-4-19(16-24)5-3-18)23(28)25-20-7-9-21(10-8-20)26-12-14-29-15-13-26/h2-11,17H,12-15H2,1H3,(H,25,28)/b11-6+/t17-/m1/s1. The number of anilines is 2. The Kier molecular flexibility index (Phi) is 7.19. The maximum atomic E-state index is 12.3. The van der Waals surface area contributed by atoms with Crippen molar-refractivity contribution in [3.05, 3.63) is 65.7 Å². The first kappa shape index (κ1) is 21.1. The lowest BCUT2D eigenvalue weighted by Gasteiger charge is -2.28. The first-order valence-electron chi connectivity index (χ1n) is 9.67. The fourth-order valence-corrected chi connectivity index (χ4v) is 2.92. The Balaban J connectivity index is 1.49. The van der Waals surface area contributed by atoms with Gasteiger partial charge in [0.2, 0.25) is 0 Å². The van der Waals surface area contributed by atoms with Gasteiger partial charge in [0.25, 0.3) is 5.91 Å². The van der Waals surface area contributed by atoms with E-state index in [2.05, 4.69) is 10.2 Å². The molecule has 0 radical (unpaired) electrons. The first-order valence-corrected chi connectivity index (χ1v) is 9.67. The monoisotopic (exact) mass is 405 g/mol. The van der Waals surface area contributed by atoms with Gasteiger partial charge in [0.15, 0.2) is 6.10 Å². The molecular formula is C23H23N3O4. The predicted molar refractivity (Wildman–Crippen MR) is 114 cm³/mol. The highest BCUT2D eigenvalue weighted by Gasteiger charge is 2.17. The van der Waals surface area contributed by atoms with Crippen molar-refractivity contribution < 1.29 is 19.1 Å². The Labute approximate surface area is 175 Å². The van der Waals surface area contributed by atoms with Crippen LogP contribution in [0, 0.1) is 11.3 Å². The van der Waals surface area contributed by atoms with Gasteiger partial charge in [-0.25, -0.2) is 4.79 Å². The zero-order valence-corrected chi connectivity index (χ0v) is 16.7. The summed E-state index contributed by atoms with van der Waals surface area (Å²) in [6, 6.07) is 16.3. The van der Waals surface area contributed by atoms with Gasteiger partial charge in [-0.2, -0.15) is 5.26 Å². The molecule has 1 atom stereocenters. The van der Waals surface area contributed by atoms with Crippen LogP contribution in [0.2, 0.25) is 0 Å². The molecule has 0 unspecified atom stereocenters. The molecule has 1 N–H and O–H groups in total. The lowest BCUT2D eigenvalue weighted by molar-refractivity contribution is -0.148. The Hall–Kier alpha value is -3.63. The van der Waals surface area contributed by atoms with Gasteiger partial charge in [0.1, 0.15) is 0 Å². The number of nitrogens with one attached hydrogen (secondary N) is 1. The summed E-state index contributed by atoms with van der Waals surface area (Å²) >= 11 is 0. The van der Waals surface area contributed by atoms with E-state index in [1.54, 1.807) is 30.3 Å². The second-order valence-corrected chi connectivity index (χ2v) is 6.78. The molecule has 1 heterocycles. The Morgan fingerprint density at radius 2 is 1.80 bits per heavy atom. The molecule has 7 heteroatoms. The summed E-state index contributed by atoms with van der Waals surface area (Å²) in [7, 11) is 0. The summed E-state index contributed by atoms with van der Waals surface area (Å²) < 4.78 is 10.5. The number of benzene rings is 2. The number of ether oxygens (including phenoxy) is 2. The van der Waals surface area contributed by atoms with Crippen LogP contribution in [0.25, 0.3) is 6.08 Å². The lowest BCUT2D eigenvalue weighted by atomic mass is 10.1. The van der Waals surface area contributed by atoms with Crippen molar-refractivity contribution in [1.29, 1.82) is 5.26 Å². The maximum absolute atomic E-state index is 12.3. The van der Waals surface area contributed by atoms with Gasteiger partial charge in [-0.1, -0.05) is 12.1 Å². The molecule has 0 spiro atoms. The van der Waals surface area contributed by atoms with E-state index < -0.39 is 18.0 Å². The third-order valence-corrected chi connectivity index (χ3v) is 4.62. The maximum Gasteiger partial charge on any atom is 0.331 e. The van der Waals surface area contributed by atoms with Crippen molar-refractivity contribution in [3.8, 4) is 6.07 Å². The molecule has 1 aliphatic rings. The van der Waals surface area contributed by atoms with Crippen LogP contribution in [-0.4, -0.2) is 44.3 Å². The number of carbonyl (C=O) groups excluding carboxylic acids is 2. The quantitative estimate of drug-likeness (QED) is 0.587. The summed E-state index contributed by atoms with van der Waals surface area (Å²) in [5.41, 5.74) is 3.00. The van der Waals surface area contributed by atoms with Gasteiger partial charge >= 0.3 is 5.97 Å². The minimum absolute atomic E-state index is 0.408. The molecule has 7 nitrogen and oxygen atoms in total. The highest BCUT2D eigenvalue weighted by Crippen LogP contribution is 2.19. The number of esters is 1. The number of nitrogens with zero attached hydrogens (tertiary/aromatic N) is 2. The average molecular weight is 405 g/mol. The number of nitriles is 1. The van der Waals surface area contributed by atoms with E-state index in [1.165, 1.54) is 13.0 Å². The van der Waals surface area contributed by atoms with Crippen LogP contribution < -0.4 is 10.2 Å². The highest BCUT2D eigenvalue weighted by molar-refractivity contribution is 5.96. The van der Waals surface area contributed by atoms with Gasteiger partial charge in [0.05, 0.1) is 24.8 Å². The van der Waals surface area contributed by atoms with E-state index in [0.29, 0.717) is 24.5 Å². The third-order valence-electron chi connectivity index (χ3n) is 4.62. The first-order chi connectivity index (χ1) is 14.5. The van der Waals surface area contributed by atoms with Gasteiger partial charge < -0.3 is 19.7 Å². The van der Waals surface area contributed by atoms with Crippen LogP contribution in [-0.2, 0) is 19.1 Å². The fraction of sp³-hybridized carbons (Fsp3) is 0.261. The number of hydrogen-bond acceptors (Lipinski definition) is 6. The van der Waals surface area contributed by atoms with Gasteiger partial charge in [-0.3, -0.25) is 4.79 Å². The molecule has 0 aliphatic carbocycles. The van der Waals surface area contributed by atoms with E-state index in [-0.39, 0.29) is 0 Å². The van der Waals surface area contributed by atoms with Crippen LogP contribution in [0.1, 0.15) is 18.1 Å². The van der Waals surface area contributed by atoms with Crippen LogP contribution in [0.3, 0.4) is 0 Å². The van der Waals surface area contributed by atoms with E-state index in [9.17, 15) is 9.59 Å². The molecule has 3 rings (SSSR count). The second-order valence-electron chi connectivity index (χ2n) is 6.78. The molecule has 30 heavy (non-hydrogen) atoms. The van der Waals surface area contributed by atoms with Gasteiger partial charge in [-0.15, -0.1) is 0 Å².